The van der Waals surface area contributed by atoms with Crippen molar-refractivity contribution in [3.05, 3.63) is 90.0 Å². The van der Waals surface area contributed by atoms with E-state index in [9.17, 15) is 19.3 Å². The van der Waals surface area contributed by atoms with Crippen LogP contribution in [0.4, 0.5) is 4.79 Å². The normalized spacial score (nSPS) is 12.2. The van der Waals surface area contributed by atoms with Gasteiger partial charge in [0, 0.05) is 0 Å². The Morgan fingerprint density at radius 3 is 2.49 bits per heavy atom. The second kappa shape index (κ2) is 19.1. The summed E-state index contributed by atoms with van der Waals surface area (Å²) in [5.74, 6) is 0.421. The average Bonchev–Trinajstić information content (AvgIpc) is 2.97. The van der Waals surface area contributed by atoms with Crippen LogP contribution in [0.2, 0.25) is 0 Å². The molecule has 0 radical (unpaired) electrons. The van der Waals surface area contributed by atoms with Crippen molar-refractivity contribution in [1.29, 1.82) is 0 Å². The van der Waals surface area contributed by atoms with Crippen LogP contribution in [-0.4, -0.2) is 56.3 Å². The lowest BCUT2D eigenvalue weighted by Crippen LogP contribution is -2.38. The Labute approximate surface area is 240 Å². The number of aryl methyl sites for hydroxylation is 1. The number of hydrogen-bond acceptors (Lipinski definition) is 9. The minimum Gasteiger partial charge on any atom is -0.595 e. The second-order valence-electron chi connectivity index (χ2n) is 8.71. The molecule has 2 aromatic carbocycles. The third-order valence-electron chi connectivity index (χ3n) is 5.25. The van der Waals surface area contributed by atoms with Gasteiger partial charge in [-0.05, 0) is 43.0 Å². The van der Waals surface area contributed by atoms with Gasteiger partial charge in [0.15, 0.2) is 17.6 Å². The fourth-order valence-electron chi connectivity index (χ4n) is 3.16. The molecule has 0 heterocycles. The first-order valence-electron chi connectivity index (χ1n) is 12.8. The molecule has 0 aliphatic carbocycles. The molecular weight excluding hydrogens is 549 g/mol. The smallest absolute Gasteiger partial charge is 0.407 e. The number of benzene rings is 2. The first-order chi connectivity index (χ1) is 19.8. The lowest BCUT2D eigenvalue weighted by Gasteiger charge is -2.08. The number of rotatable bonds is 17. The topological polar surface area (TPSA) is 161 Å². The first-order valence-corrected chi connectivity index (χ1v) is 14.1. The van der Waals surface area contributed by atoms with Crippen molar-refractivity contribution in [3.63, 3.8) is 0 Å². The first kappa shape index (κ1) is 33.2. The summed E-state index contributed by atoms with van der Waals surface area (Å²) in [7, 11) is -2.32. The molecule has 2 amide bonds. The van der Waals surface area contributed by atoms with E-state index in [0.29, 0.717) is 12.4 Å². The molecule has 0 aliphatic rings. The molecule has 0 aliphatic heterocycles. The van der Waals surface area contributed by atoms with E-state index in [1.165, 1.54) is 6.08 Å². The molecular formula is C29H36N3O8P. The Kier molecular flexibility index (Phi) is 15.5. The Balaban J connectivity index is 1.64. The minimum absolute atomic E-state index is 0.00825. The number of allylic oxidation sites excluding steroid dienone is 1. The molecule has 0 aromatic heterocycles. The van der Waals surface area contributed by atoms with Crippen LogP contribution >= 0.6 is 8.00 Å². The third kappa shape index (κ3) is 14.8. The predicted octanol–water partition coefficient (Wildman–Crippen LogP) is 2.49. The summed E-state index contributed by atoms with van der Waals surface area (Å²) < 4.78 is 20.7. The quantitative estimate of drug-likeness (QED) is 0.0833. The molecule has 0 fully saturated rings. The van der Waals surface area contributed by atoms with Crippen LogP contribution in [0.3, 0.4) is 0 Å². The SMILES string of the molecule is C=CCOC(=O)NCC(=O)NCOC/C(C)=C/CCc1ccc(O/[P+]([O-])=C/C(N)C(=O)OCc2ccccc2)cc1. The Bertz CT molecular complexity index is 1190. The van der Waals surface area contributed by atoms with Gasteiger partial charge in [-0.2, -0.15) is 0 Å². The number of nitrogens with two attached hydrogens (primary N) is 1. The summed E-state index contributed by atoms with van der Waals surface area (Å²) in [5, 5.41) is 4.84. The molecule has 0 saturated heterocycles. The molecule has 220 valence electrons. The van der Waals surface area contributed by atoms with Gasteiger partial charge in [-0.15, -0.1) is 0 Å². The second-order valence-corrected chi connectivity index (χ2v) is 9.76. The highest BCUT2D eigenvalue weighted by Gasteiger charge is 2.18. The van der Waals surface area contributed by atoms with Crippen molar-refractivity contribution < 1.29 is 38.0 Å². The van der Waals surface area contributed by atoms with Gasteiger partial charge in [-0.3, -0.25) is 9.32 Å². The number of hydrogen-bond donors (Lipinski definition) is 3. The maximum atomic E-state index is 12.3. The highest BCUT2D eigenvalue weighted by atomic mass is 31.1. The molecule has 11 nitrogen and oxygen atoms in total. The largest absolute Gasteiger partial charge is 0.595 e. The highest BCUT2D eigenvalue weighted by molar-refractivity contribution is 7.45. The summed E-state index contributed by atoms with van der Waals surface area (Å²) in [6, 6.07) is 15.1. The van der Waals surface area contributed by atoms with Crippen molar-refractivity contribution in [1.82, 2.24) is 10.6 Å². The zero-order valence-electron chi connectivity index (χ0n) is 23.0. The molecule has 0 spiro atoms. The van der Waals surface area contributed by atoms with Crippen LogP contribution in [0.5, 0.6) is 5.75 Å². The molecule has 2 aromatic rings. The summed E-state index contributed by atoms with van der Waals surface area (Å²) in [4.78, 5) is 47.3. The number of carbonyl (C=O) groups is 3. The Hall–Kier alpha value is -4.02. The number of ether oxygens (including phenoxy) is 3. The van der Waals surface area contributed by atoms with Gasteiger partial charge in [0.1, 0.15) is 26.5 Å². The maximum absolute atomic E-state index is 12.3. The van der Waals surface area contributed by atoms with Crippen LogP contribution in [0.15, 0.2) is 78.9 Å². The van der Waals surface area contributed by atoms with Gasteiger partial charge in [-0.25, -0.2) is 9.59 Å². The van der Waals surface area contributed by atoms with E-state index in [1.54, 1.807) is 12.1 Å². The number of carbonyl (C=O) groups excluding carboxylic acids is 3. The van der Waals surface area contributed by atoms with Gasteiger partial charge in [0.25, 0.3) is 8.00 Å². The Morgan fingerprint density at radius 1 is 1.05 bits per heavy atom. The standard InChI is InChI=1S/C29H36N3O8P/c1-3-16-38-29(35)31-17-27(33)32-21-37-18-22(2)8-7-11-23-12-14-25(15-13-23)40-41(36)20-26(30)28(34)39-19-24-9-5-4-6-10-24/h3-6,8-10,12-15,20,26H,1,7,11,16-19,21,30H2,2H3,(H,31,35)(H,32,33)/b22-8+. The molecule has 2 atom stereocenters. The zero-order valence-corrected chi connectivity index (χ0v) is 23.8. The molecule has 0 saturated carbocycles. The van der Waals surface area contributed by atoms with Crippen molar-refractivity contribution >= 4 is 31.8 Å². The van der Waals surface area contributed by atoms with Gasteiger partial charge in [0.2, 0.25) is 5.91 Å². The average molecular weight is 586 g/mol. The van der Waals surface area contributed by atoms with E-state index < -0.39 is 32.0 Å². The van der Waals surface area contributed by atoms with Crippen LogP contribution in [-0.2, 0) is 36.8 Å². The van der Waals surface area contributed by atoms with E-state index >= 15 is 0 Å². The van der Waals surface area contributed by atoms with Crippen LogP contribution in [0.1, 0.15) is 24.5 Å². The minimum atomic E-state index is -2.32. The van der Waals surface area contributed by atoms with Gasteiger partial charge >= 0.3 is 12.1 Å². The molecule has 0 bridgehead atoms. The van der Waals surface area contributed by atoms with E-state index in [4.69, 9.17) is 24.5 Å². The van der Waals surface area contributed by atoms with Crippen LogP contribution in [0, 0.1) is 0 Å². The zero-order chi connectivity index (χ0) is 29.9. The third-order valence-corrected chi connectivity index (χ3v) is 6.21. The van der Waals surface area contributed by atoms with Crippen molar-refractivity contribution in [2.24, 2.45) is 5.73 Å². The summed E-state index contributed by atoms with van der Waals surface area (Å²) >= 11 is 0. The van der Waals surface area contributed by atoms with Crippen molar-refractivity contribution in [2.45, 2.75) is 32.4 Å². The predicted molar refractivity (Wildman–Crippen MR) is 155 cm³/mol. The summed E-state index contributed by atoms with van der Waals surface area (Å²) in [5.41, 5.74) is 8.65. The fraction of sp³-hybridized carbons (Fsp3) is 0.310. The van der Waals surface area contributed by atoms with Gasteiger partial charge < -0.3 is 35.5 Å². The summed E-state index contributed by atoms with van der Waals surface area (Å²) in [6.45, 7) is 5.62. The number of esters is 1. The summed E-state index contributed by atoms with van der Waals surface area (Å²) in [6.07, 6.45) is 4.29. The molecule has 12 heteroatoms. The number of amides is 2. The Morgan fingerprint density at radius 2 is 1.78 bits per heavy atom. The molecule has 2 rings (SSSR count). The fourth-order valence-corrected chi connectivity index (χ4v) is 3.93. The highest BCUT2D eigenvalue weighted by Crippen LogP contribution is 2.22. The molecule has 4 N–H and O–H groups in total. The van der Waals surface area contributed by atoms with Crippen LogP contribution in [0.25, 0.3) is 0 Å². The van der Waals surface area contributed by atoms with E-state index in [0.717, 1.165) is 35.3 Å². The lowest BCUT2D eigenvalue weighted by molar-refractivity contribution is -0.165. The van der Waals surface area contributed by atoms with Crippen LogP contribution < -0.4 is 25.8 Å². The maximum Gasteiger partial charge on any atom is 0.407 e. The monoisotopic (exact) mass is 585 g/mol. The van der Waals surface area contributed by atoms with E-state index in [-0.39, 0.29) is 26.5 Å². The molecule has 2 unspecified atom stereocenters. The van der Waals surface area contributed by atoms with Gasteiger partial charge in [0.05, 0.1) is 6.61 Å². The number of nitrogens with one attached hydrogen (secondary N) is 2. The lowest BCUT2D eigenvalue weighted by atomic mass is 10.1. The van der Waals surface area contributed by atoms with Crippen molar-refractivity contribution in [3.8, 4) is 5.75 Å². The van der Waals surface area contributed by atoms with E-state index in [1.807, 2.05) is 55.5 Å². The molecule has 41 heavy (non-hydrogen) atoms. The van der Waals surface area contributed by atoms with E-state index in [2.05, 4.69) is 17.2 Å². The van der Waals surface area contributed by atoms with Crippen molar-refractivity contribution in [2.75, 3.05) is 26.5 Å². The number of alkyl carbamates (subject to hydrolysis) is 1. The van der Waals surface area contributed by atoms with Gasteiger partial charge in [-0.1, -0.05) is 66.8 Å².